The first-order valence-electron chi connectivity index (χ1n) is 6.07. The van der Waals surface area contributed by atoms with Gasteiger partial charge in [0, 0.05) is 12.1 Å². The summed E-state index contributed by atoms with van der Waals surface area (Å²) in [6, 6.07) is 5.99. The second-order valence-electron chi connectivity index (χ2n) is 4.11. The number of nitrogens with zero attached hydrogens (tertiary/aromatic N) is 3. The van der Waals surface area contributed by atoms with Crippen molar-refractivity contribution in [2.24, 2.45) is 0 Å². The number of benzene rings is 1. The third kappa shape index (κ3) is 2.88. The van der Waals surface area contributed by atoms with Crippen molar-refractivity contribution in [3.63, 3.8) is 0 Å². The van der Waals surface area contributed by atoms with Gasteiger partial charge in [0.25, 0.3) is 0 Å². The van der Waals surface area contributed by atoms with Gasteiger partial charge >= 0.3 is 0 Å². The number of nitrogens with one attached hydrogen (secondary N) is 1. The van der Waals surface area contributed by atoms with Gasteiger partial charge in [-0.3, -0.25) is 0 Å². The molecular weight excluding hydrogens is 262 g/mol. The SMILES string of the molecule is CCc1ncnc(NCc2ccc(C#N)cc2F)c1F. The fraction of sp³-hybridized carbons (Fsp3) is 0.214. The highest BCUT2D eigenvalue weighted by Gasteiger charge is 2.10. The van der Waals surface area contributed by atoms with Crippen LogP contribution in [-0.4, -0.2) is 9.97 Å². The van der Waals surface area contributed by atoms with Gasteiger partial charge in [0.2, 0.25) is 0 Å². The predicted molar refractivity (Wildman–Crippen MR) is 69.8 cm³/mol. The summed E-state index contributed by atoms with van der Waals surface area (Å²) in [5, 5.41) is 11.4. The molecule has 0 aliphatic carbocycles. The molecule has 102 valence electrons. The summed E-state index contributed by atoms with van der Waals surface area (Å²) in [4.78, 5) is 7.61. The minimum Gasteiger partial charge on any atom is -0.363 e. The first kappa shape index (κ1) is 13.9. The number of aromatic nitrogens is 2. The van der Waals surface area contributed by atoms with Crippen LogP contribution in [0.25, 0.3) is 0 Å². The van der Waals surface area contributed by atoms with E-state index in [2.05, 4.69) is 15.3 Å². The van der Waals surface area contributed by atoms with E-state index in [4.69, 9.17) is 5.26 Å². The lowest BCUT2D eigenvalue weighted by atomic mass is 10.1. The standard InChI is InChI=1S/C14H12F2N4/c1-2-12-13(16)14(20-8-19-12)18-7-10-4-3-9(6-17)5-11(10)15/h3-5,8H,2,7H2,1H3,(H,18,19,20). The van der Waals surface area contributed by atoms with Gasteiger partial charge in [0.1, 0.15) is 12.1 Å². The van der Waals surface area contributed by atoms with Crippen molar-refractivity contribution in [3.8, 4) is 6.07 Å². The topological polar surface area (TPSA) is 61.6 Å². The Morgan fingerprint density at radius 3 is 2.75 bits per heavy atom. The van der Waals surface area contributed by atoms with Gasteiger partial charge in [-0.1, -0.05) is 13.0 Å². The molecule has 0 amide bonds. The number of halogens is 2. The lowest BCUT2D eigenvalue weighted by Crippen LogP contribution is -2.08. The Morgan fingerprint density at radius 1 is 1.30 bits per heavy atom. The molecule has 0 radical (unpaired) electrons. The smallest absolute Gasteiger partial charge is 0.186 e. The van der Waals surface area contributed by atoms with Crippen LogP contribution in [0.5, 0.6) is 0 Å². The molecule has 0 aliphatic rings. The molecule has 4 nitrogen and oxygen atoms in total. The molecule has 0 fully saturated rings. The lowest BCUT2D eigenvalue weighted by molar-refractivity contribution is 0.593. The van der Waals surface area contributed by atoms with Crippen LogP contribution in [0.4, 0.5) is 14.6 Å². The highest BCUT2D eigenvalue weighted by Crippen LogP contribution is 2.16. The van der Waals surface area contributed by atoms with Gasteiger partial charge in [0.15, 0.2) is 11.6 Å². The molecule has 1 N–H and O–H groups in total. The molecule has 0 aliphatic heterocycles. The molecule has 0 bridgehead atoms. The van der Waals surface area contributed by atoms with E-state index in [1.807, 2.05) is 6.07 Å². The van der Waals surface area contributed by atoms with Crippen LogP contribution in [0.15, 0.2) is 24.5 Å². The summed E-state index contributed by atoms with van der Waals surface area (Å²) in [6.45, 7) is 1.87. The van der Waals surface area contributed by atoms with Crippen LogP contribution in [0, 0.1) is 23.0 Å². The quantitative estimate of drug-likeness (QED) is 0.931. The van der Waals surface area contributed by atoms with E-state index in [0.717, 1.165) is 6.07 Å². The molecule has 20 heavy (non-hydrogen) atoms. The Hall–Kier alpha value is -2.55. The van der Waals surface area contributed by atoms with E-state index < -0.39 is 11.6 Å². The summed E-state index contributed by atoms with van der Waals surface area (Å²) in [5.41, 5.74) is 0.885. The summed E-state index contributed by atoms with van der Waals surface area (Å²) in [6.07, 6.45) is 1.72. The maximum atomic E-state index is 13.9. The minimum atomic E-state index is -0.524. The Labute approximate surface area is 115 Å². The van der Waals surface area contributed by atoms with Gasteiger partial charge in [-0.25, -0.2) is 18.7 Å². The molecule has 0 saturated heterocycles. The summed E-state index contributed by atoms with van der Waals surface area (Å²) in [7, 11) is 0. The summed E-state index contributed by atoms with van der Waals surface area (Å²) in [5.74, 6) is -0.994. The second kappa shape index (κ2) is 6.06. The number of nitriles is 1. The highest BCUT2D eigenvalue weighted by atomic mass is 19.1. The molecule has 2 rings (SSSR count). The van der Waals surface area contributed by atoms with E-state index in [-0.39, 0.29) is 17.9 Å². The molecule has 1 aromatic carbocycles. The van der Waals surface area contributed by atoms with Crippen molar-refractivity contribution in [2.45, 2.75) is 19.9 Å². The van der Waals surface area contributed by atoms with Gasteiger partial charge in [-0.15, -0.1) is 0 Å². The normalized spacial score (nSPS) is 10.1. The van der Waals surface area contributed by atoms with Crippen LogP contribution >= 0.6 is 0 Å². The largest absolute Gasteiger partial charge is 0.363 e. The molecule has 1 aromatic heterocycles. The molecule has 0 spiro atoms. The van der Waals surface area contributed by atoms with Crippen LogP contribution in [0.2, 0.25) is 0 Å². The molecule has 1 heterocycles. The number of anilines is 1. The van der Waals surface area contributed by atoms with Crippen LogP contribution in [-0.2, 0) is 13.0 Å². The Morgan fingerprint density at radius 2 is 2.10 bits per heavy atom. The molecule has 2 aromatic rings. The number of hydrogen-bond acceptors (Lipinski definition) is 4. The van der Waals surface area contributed by atoms with Crippen LogP contribution in [0.3, 0.4) is 0 Å². The van der Waals surface area contributed by atoms with Gasteiger partial charge in [-0.05, 0) is 18.6 Å². The molecular formula is C14H12F2N4. The highest BCUT2D eigenvalue weighted by molar-refractivity contribution is 5.40. The van der Waals surface area contributed by atoms with E-state index in [1.165, 1.54) is 18.5 Å². The van der Waals surface area contributed by atoms with E-state index in [9.17, 15) is 8.78 Å². The van der Waals surface area contributed by atoms with Gasteiger partial charge < -0.3 is 5.32 Å². The average molecular weight is 274 g/mol. The fourth-order valence-electron chi connectivity index (χ4n) is 1.72. The number of aryl methyl sites for hydroxylation is 1. The van der Waals surface area contributed by atoms with Crippen molar-refractivity contribution in [1.29, 1.82) is 5.26 Å². The van der Waals surface area contributed by atoms with Crippen molar-refractivity contribution in [2.75, 3.05) is 5.32 Å². The van der Waals surface area contributed by atoms with E-state index in [1.54, 1.807) is 6.92 Å². The van der Waals surface area contributed by atoms with Crippen LogP contribution in [0.1, 0.15) is 23.7 Å². The summed E-state index contributed by atoms with van der Waals surface area (Å²) >= 11 is 0. The average Bonchev–Trinajstić information content (AvgIpc) is 2.47. The monoisotopic (exact) mass is 274 g/mol. The maximum Gasteiger partial charge on any atom is 0.186 e. The van der Waals surface area contributed by atoms with Crippen LogP contribution < -0.4 is 5.32 Å². The van der Waals surface area contributed by atoms with Gasteiger partial charge in [0.05, 0.1) is 17.3 Å². The lowest BCUT2D eigenvalue weighted by Gasteiger charge is -2.09. The van der Waals surface area contributed by atoms with Gasteiger partial charge in [-0.2, -0.15) is 5.26 Å². The molecule has 0 saturated carbocycles. The summed E-state index contributed by atoms with van der Waals surface area (Å²) < 4.78 is 27.5. The first-order valence-corrected chi connectivity index (χ1v) is 6.07. The Kier molecular flexibility index (Phi) is 4.20. The first-order chi connectivity index (χ1) is 9.65. The Balaban J connectivity index is 2.15. The molecule has 0 atom stereocenters. The molecule has 0 unspecified atom stereocenters. The number of rotatable bonds is 4. The zero-order chi connectivity index (χ0) is 14.5. The maximum absolute atomic E-state index is 13.9. The zero-order valence-electron chi connectivity index (χ0n) is 10.8. The number of hydrogen-bond donors (Lipinski definition) is 1. The second-order valence-corrected chi connectivity index (χ2v) is 4.11. The van der Waals surface area contributed by atoms with Crippen molar-refractivity contribution >= 4 is 5.82 Å². The minimum absolute atomic E-state index is 0.0422. The Bertz CT molecular complexity index is 665. The van der Waals surface area contributed by atoms with Crippen molar-refractivity contribution in [3.05, 3.63) is 53.0 Å². The van der Waals surface area contributed by atoms with E-state index >= 15 is 0 Å². The van der Waals surface area contributed by atoms with E-state index in [0.29, 0.717) is 17.7 Å². The fourth-order valence-corrected chi connectivity index (χ4v) is 1.72. The van der Waals surface area contributed by atoms with Crippen molar-refractivity contribution in [1.82, 2.24) is 9.97 Å². The third-order valence-electron chi connectivity index (χ3n) is 2.83. The zero-order valence-corrected chi connectivity index (χ0v) is 10.8. The molecule has 6 heteroatoms. The third-order valence-corrected chi connectivity index (χ3v) is 2.83. The van der Waals surface area contributed by atoms with Crippen molar-refractivity contribution < 1.29 is 8.78 Å². The predicted octanol–water partition coefficient (Wildman–Crippen LogP) is 2.80.